The number of alkyl halides is 1. The van der Waals surface area contributed by atoms with Crippen LogP contribution >= 0.6 is 10.7 Å². The summed E-state index contributed by atoms with van der Waals surface area (Å²) in [5.41, 5.74) is 0.421. The van der Waals surface area contributed by atoms with E-state index in [-0.39, 0.29) is 4.90 Å². The zero-order valence-electron chi connectivity index (χ0n) is 7.57. The molecular weight excluding hydrogens is 227 g/mol. The number of benzene rings is 1. The molecule has 78 valence electrons. The van der Waals surface area contributed by atoms with E-state index >= 15 is 0 Å². The molecule has 1 aromatic rings. The summed E-state index contributed by atoms with van der Waals surface area (Å²) >= 11 is 0. The van der Waals surface area contributed by atoms with Gasteiger partial charge in [-0.05, 0) is 11.6 Å². The Bertz CT molecular complexity index is 417. The van der Waals surface area contributed by atoms with Gasteiger partial charge in [0.1, 0.15) is 0 Å². The van der Waals surface area contributed by atoms with Crippen molar-refractivity contribution in [3.8, 4) is 0 Å². The maximum absolute atomic E-state index is 12.4. The maximum atomic E-state index is 12.4. The molecule has 0 aliphatic heterocycles. The summed E-state index contributed by atoms with van der Waals surface area (Å²) < 4.78 is 34.6. The number of halogens is 2. The molecule has 0 saturated carbocycles. The van der Waals surface area contributed by atoms with E-state index < -0.39 is 21.6 Å². The van der Waals surface area contributed by atoms with Crippen LogP contribution in [-0.4, -0.2) is 15.1 Å². The number of hydrogen-bond acceptors (Lipinski definition) is 2. The maximum Gasteiger partial charge on any atom is 0.261 e. The zero-order valence-corrected chi connectivity index (χ0v) is 9.15. The minimum Gasteiger partial charge on any atom is -0.250 e. The van der Waals surface area contributed by atoms with Gasteiger partial charge in [0, 0.05) is 16.6 Å². The van der Waals surface area contributed by atoms with Gasteiger partial charge in [-0.25, -0.2) is 8.42 Å². The first kappa shape index (κ1) is 11.5. The van der Waals surface area contributed by atoms with Crippen molar-refractivity contribution in [3.05, 3.63) is 29.8 Å². The highest BCUT2D eigenvalue weighted by Crippen LogP contribution is 2.26. The molecule has 0 heterocycles. The molecule has 0 amide bonds. The third-order valence-electron chi connectivity index (χ3n) is 1.94. The molecule has 1 rings (SSSR count). The standard InChI is InChI=1S/C9H10ClFO2S/c1-7(6-11)8-4-2-3-5-9(8)14(10,12)13/h2-5,7H,6H2,1H3/t7-/m0/s1. The van der Waals surface area contributed by atoms with E-state index in [0.717, 1.165) is 0 Å². The molecule has 0 N–H and O–H groups in total. The fraction of sp³-hybridized carbons (Fsp3) is 0.333. The van der Waals surface area contributed by atoms with E-state index in [2.05, 4.69) is 0 Å². The van der Waals surface area contributed by atoms with Gasteiger partial charge in [-0.15, -0.1) is 0 Å². The molecule has 5 heteroatoms. The van der Waals surface area contributed by atoms with Gasteiger partial charge in [-0.3, -0.25) is 4.39 Å². The molecule has 2 nitrogen and oxygen atoms in total. The Balaban J connectivity index is 3.30. The highest BCUT2D eigenvalue weighted by atomic mass is 35.7. The van der Waals surface area contributed by atoms with Gasteiger partial charge < -0.3 is 0 Å². The lowest BCUT2D eigenvalue weighted by Crippen LogP contribution is -2.03. The van der Waals surface area contributed by atoms with E-state index in [0.29, 0.717) is 5.56 Å². The van der Waals surface area contributed by atoms with Crippen molar-refractivity contribution in [2.24, 2.45) is 0 Å². The molecule has 0 aliphatic rings. The van der Waals surface area contributed by atoms with Crippen molar-refractivity contribution in [3.63, 3.8) is 0 Å². The summed E-state index contributed by atoms with van der Waals surface area (Å²) in [6.45, 7) is 1.00. The molecule has 0 fully saturated rings. The van der Waals surface area contributed by atoms with E-state index in [4.69, 9.17) is 10.7 Å². The molecule has 0 radical (unpaired) electrons. The van der Waals surface area contributed by atoms with Gasteiger partial charge in [0.15, 0.2) is 0 Å². The molecule has 0 spiro atoms. The van der Waals surface area contributed by atoms with Crippen LogP contribution in [-0.2, 0) is 9.05 Å². The van der Waals surface area contributed by atoms with E-state index in [1.165, 1.54) is 6.07 Å². The molecule has 1 atom stereocenters. The van der Waals surface area contributed by atoms with Crippen LogP contribution in [0.25, 0.3) is 0 Å². The second-order valence-electron chi connectivity index (χ2n) is 3.03. The van der Waals surface area contributed by atoms with Crippen molar-refractivity contribution in [1.82, 2.24) is 0 Å². The Labute approximate surface area is 87.1 Å². The Morgan fingerprint density at radius 1 is 1.43 bits per heavy atom. The summed E-state index contributed by atoms with van der Waals surface area (Å²) in [7, 11) is 1.43. The van der Waals surface area contributed by atoms with Gasteiger partial charge >= 0.3 is 0 Å². The smallest absolute Gasteiger partial charge is 0.250 e. The lowest BCUT2D eigenvalue weighted by Gasteiger charge is -2.10. The average Bonchev–Trinajstić information content (AvgIpc) is 2.15. The predicted octanol–water partition coefficient (Wildman–Crippen LogP) is 2.69. The summed E-state index contributed by atoms with van der Waals surface area (Å²) in [4.78, 5) is -0.00758. The van der Waals surface area contributed by atoms with Crippen LogP contribution in [0.2, 0.25) is 0 Å². The molecule has 0 saturated heterocycles. The fourth-order valence-electron chi connectivity index (χ4n) is 1.19. The Morgan fingerprint density at radius 3 is 2.50 bits per heavy atom. The van der Waals surface area contributed by atoms with Crippen molar-refractivity contribution in [2.75, 3.05) is 6.67 Å². The van der Waals surface area contributed by atoms with Gasteiger partial charge in [0.05, 0.1) is 11.6 Å². The Kier molecular flexibility index (Phi) is 3.50. The number of rotatable bonds is 3. The quantitative estimate of drug-likeness (QED) is 0.757. The molecule has 0 aromatic heterocycles. The lowest BCUT2D eigenvalue weighted by atomic mass is 10.0. The Hall–Kier alpha value is -0.610. The van der Waals surface area contributed by atoms with Crippen molar-refractivity contribution in [2.45, 2.75) is 17.7 Å². The van der Waals surface area contributed by atoms with Crippen LogP contribution in [0.5, 0.6) is 0 Å². The lowest BCUT2D eigenvalue weighted by molar-refractivity contribution is 0.444. The predicted molar refractivity (Wildman–Crippen MR) is 53.9 cm³/mol. The summed E-state index contributed by atoms with van der Waals surface area (Å²) in [6.07, 6.45) is 0. The van der Waals surface area contributed by atoms with E-state index in [9.17, 15) is 12.8 Å². The topological polar surface area (TPSA) is 34.1 Å². The van der Waals surface area contributed by atoms with Crippen LogP contribution in [0, 0.1) is 0 Å². The van der Waals surface area contributed by atoms with Crippen LogP contribution in [0.3, 0.4) is 0 Å². The molecular formula is C9H10ClFO2S. The number of hydrogen-bond donors (Lipinski definition) is 0. The minimum absolute atomic E-state index is 0.00758. The first-order valence-corrected chi connectivity index (χ1v) is 6.37. The highest BCUT2D eigenvalue weighted by molar-refractivity contribution is 8.13. The molecule has 0 unspecified atom stereocenters. The molecule has 14 heavy (non-hydrogen) atoms. The Morgan fingerprint density at radius 2 is 2.00 bits per heavy atom. The first-order chi connectivity index (χ1) is 6.46. The average molecular weight is 237 g/mol. The molecule has 0 aliphatic carbocycles. The third-order valence-corrected chi connectivity index (χ3v) is 3.34. The largest absolute Gasteiger partial charge is 0.261 e. The first-order valence-electron chi connectivity index (χ1n) is 4.06. The minimum atomic E-state index is -3.78. The highest BCUT2D eigenvalue weighted by Gasteiger charge is 2.18. The van der Waals surface area contributed by atoms with Crippen molar-refractivity contribution in [1.29, 1.82) is 0 Å². The third kappa shape index (κ3) is 2.45. The second kappa shape index (κ2) is 4.28. The fourth-order valence-corrected chi connectivity index (χ4v) is 2.41. The molecule has 1 aromatic carbocycles. The van der Waals surface area contributed by atoms with Crippen LogP contribution in [0.15, 0.2) is 29.2 Å². The molecule has 0 bridgehead atoms. The van der Waals surface area contributed by atoms with Crippen LogP contribution in [0.1, 0.15) is 18.4 Å². The normalized spacial score (nSPS) is 13.9. The van der Waals surface area contributed by atoms with Crippen LogP contribution in [0.4, 0.5) is 4.39 Å². The van der Waals surface area contributed by atoms with Gasteiger partial charge in [-0.1, -0.05) is 25.1 Å². The summed E-state index contributed by atoms with van der Waals surface area (Å²) in [5.74, 6) is -0.459. The van der Waals surface area contributed by atoms with Gasteiger partial charge in [0.2, 0.25) is 0 Å². The van der Waals surface area contributed by atoms with E-state index in [1.54, 1.807) is 25.1 Å². The van der Waals surface area contributed by atoms with E-state index in [1.807, 2.05) is 0 Å². The summed E-state index contributed by atoms with van der Waals surface area (Å²) in [5, 5.41) is 0. The van der Waals surface area contributed by atoms with Gasteiger partial charge in [-0.2, -0.15) is 0 Å². The van der Waals surface area contributed by atoms with Crippen molar-refractivity contribution < 1.29 is 12.8 Å². The van der Waals surface area contributed by atoms with Gasteiger partial charge in [0.25, 0.3) is 9.05 Å². The van der Waals surface area contributed by atoms with Crippen molar-refractivity contribution >= 4 is 19.7 Å². The SMILES string of the molecule is C[C@@H](CF)c1ccccc1S(=O)(=O)Cl. The zero-order chi connectivity index (χ0) is 10.8. The van der Waals surface area contributed by atoms with Crippen LogP contribution < -0.4 is 0 Å². The monoisotopic (exact) mass is 236 g/mol. The second-order valence-corrected chi connectivity index (χ2v) is 5.57. The summed E-state index contributed by atoms with van der Waals surface area (Å²) in [6, 6.07) is 6.17.